The van der Waals surface area contributed by atoms with E-state index in [0.717, 1.165) is 75.2 Å². The summed E-state index contributed by atoms with van der Waals surface area (Å²) in [5, 5.41) is 7.51. The highest BCUT2D eigenvalue weighted by molar-refractivity contribution is 5.99. The second-order valence-electron chi connectivity index (χ2n) is 12.5. The summed E-state index contributed by atoms with van der Waals surface area (Å²) in [7, 11) is 1.86. The molecule has 3 atom stereocenters. The molecule has 2 aliphatic carbocycles. The first-order valence-corrected chi connectivity index (χ1v) is 15.6. The van der Waals surface area contributed by atoms with E-state index in [0.29, 0.717) is 12.2 Å². The van der Waals surface area contributed by atoms with E-state index in [-0.39, 0.29) is 29.3 Å². The third kappa shape index (κ3) is 6.00. The van der Waals surface area contributed by atoms with Crippen LogP contribution in [0.25, 0.3) is 22.3 Å². The Labute approximate surface area is 258 Å². The molecule has 3 unspecified atom stereocenters. The SMILES string of the molecule is Cn1cc(-c2cnc(N)c(C(=O)NC3CCCC34CC4OCc3ccc(-c4ccc(CN5CCOCC5)cc4)cc3)c2)cn1. The van der Waals surface area contributed by atoms with Crippen LogP contribution in [-0.4, -0.2) is 64.0 Å². The summed E-state index contributed by atoms with van der Waals surface area (Å²) in [6.07, 6.45) is 9.53. The number of nitrogens with two attached hydrogens (primary N) is 1. The van der Waals surface area contributed by atoms with Crippen molar-refractivity contribution in [3.05, 3.63) is 89.9 Å². The second kappa shape index (κ2) is 12.1. The number of hydrogen-bond donors (Lipinski definition) is 2. The molecule has 0 radical (unpaired) electrons. The van der Waals surface area contributed by atoms with Gasteiger partial charge in [0.1, 0.15) is 5.82 Å². The lowest BCUT2D eigenvalue weighted by atomic mass is 9.99. The molecule has 1 saturated heterocycles. The van der Waals surface area contributed by atoms with Gasteiger partial charge in [-0.2, -0.15) is 5.10 Å². The zero-order chi connectivity index (χ0) is 30.1. The molecule has 2 saturated carbocycles. The Morgan fingerprint density at radius 1 is 1.02 bits per heavy atom. The first kappa shape index (κ1) is 28.7. The van der Waals surface area contributed by atoms with Crippen LogP contribution in [0.3, 0.4) is 0 Å². The third-order valence-corrected chi connectivity index (χ3v) is 9.58. The minimum absolute atomic E-state index is 0.00171. The van der Waals surface area contributed by atoms with Crippen molar-refractivity contribution < 1.29 is 14.3 Å². The number of hydrogen-bond acceptors (Lipinski definition) is 7. The molecule has 1 aliphatic heterocycles. The van der Waals surface area contributed by atoms with Gasteiger partial charge in [-0.15, -0.1) is 0 Å². The van der Waals surface area contributed by atoms with Gasteiger partial charge in [0.25, 0.3) is 5.91 Å². The molecule has 44 heavy (non-hydrogen) atoms. The molecular weight excluding hydrogens is 552 g/mol. The molecule has 228 valence electrons. The van der Waals surface area contributed by atoms with Gasteiger partial charge in [0.05, 0.1) is 37.7 Å². The zero-order valence-corrected chi connectivity index (χ0v) is 25.2. The number of nitrogen functional groups attached to an aromatic ring is 1. The monoisotopic (exact) mass is 592 g/mol. The number of amides is 1. The van der Waals surface area contributed by atoms with E-state index in [2.05, 4.69) is 68.8 Å². The largest absolute Gasteiger partial charge is 0.383 e. The zero-order valence-electron chi connectivity index (χ0n) is 25.2. The molecule has 3 heterocycles. The van der Waals surface area contributed by atoms with Gasteiger partial charge in [0, 0.05) is 61.7 Å². The van der Waals surface area contributed by atoms with Crippen molar-refractivity contribution in [1.82, 2.24) is 25.0 Å². The van der Waals surface area contributed by atoms with Crippen molar-refractivity contribution in [2.24, 2.45) is 12.5 Å². The molecule has 3 aliphatic rings. The second-order valence-corrected chi connectivity index (χ2v) is 12.5. The van der Waals surface area contributed by atoms with Crippen LogP contribution >= 0.6 is 0 Å². The topological polar surface area (TPSA) is 108 Å². The lowest BCUT2D eigenvalue weighted by Gasteiger charge is -2.26. The van der Waals surface area contributed by atoms with Crippen LogP contribution in [0.4, 0.5) is 5.82 Å². The molecule has 2 aromatic carbocycles. The molecular formula is C35H40N6O3. The maximum Gasteiger partial charge on any atom is 0.255 e. The Hall–Kier alpha value is -4.05. The maximum absolute atomic E-state index is 13.4. The molecule has 1 spiro atoms. The number of carbonyl (C=O) groups excluding carboxylic acids is 1. The van der Waals surface area contributed by atoms with E-state index in [1.165, 1.54) is 16.7 Å². The summed E-state index contributed by atoms with van der Waals surface area (Å²) in [6.45, 7) is 5.18. The standard InChI is InChI=1S/C35H40N6O3/c1-40-22-29(20-38-40)28-17-30(33(36)37-19-28)34(42)39-31-3-2-12-35(31)18-32(35)44-23-25-6-10-27(11-7-25)26-8-4-24(5-9-26)21-41-13-15-43-16-14-41/h4-11,17,19-20,22,31-32H,2-3,12-16,18,21,23H2,1H3,(H2,36,37)(H,39,42). The fourth-order valence-electron chi connectivity index (χ4n) is 6.89. The van der Waals surface area contributed by atoms with Crippen LogP contribution in [0.15, 0.2) is 73.2 Å². The van der Waals surface area contributed by atoms with Gasteiger partial charge in [-0.25, -0.2) is 4.98 Å². The lowest BCUT2D eigenvalue weighted by Crippen LogP contribution is -2.40. The van der Waals surface area contributed by atoms with E-state index in [1.54, 1.807) is 23.1 Å². The summed E-state index contributed by atoms with van der Waals surface area (Å²) in [5.74, 6) is 0.0561. The molecule has 3 fully saturated rings. The number of carbonyl (C=O) groups is 1. The normalized spacial score (nSPS) is 23.2. The van der Waals surface area contributed by atoms with Crippen LogP contribution < -0.4 is 11.1 Å². The van der Waals surface area contributed by atoms with E-state index in [9.17, 15) is 4.79 Å². The highest BCUT2D eigenvalue weighted by Gasteiger charge is 2.62. The van der Waals surface area contributed by atoms with Gasteiger partial charge in [-0.1, -0.05) is 55.0 Å². The predicted molar refractivity (Wildman–Crippen MR) is 170 cm³/mol. The average Bonchev–Trinajstić information content (AvgIpc) is 3.33. The number of nitrogens with zero attached hydrogens (tertiary/aromatic N) is 4. The summed E-state index contributed by atoms with van der Waals surface area (Å²) in [6, 6.07) is 19.4. The van der Waals surface area contributed by atoms with Gasteiger partial charge in [-0.05, 0) is 47.6 Å². The van der Waals surface area contributed by atoms with E-state index in [1.807, 2.05) is 13.2 Å². The molecule has 0 bridgehead atoms. The van der Waals surface area contributed by atoms with Gasteiger partial charge >= 0.3 is 0 Å². The van der Waals surface area contributed by atoms with Crippen LogP contribution in [0, 0.1) is 5.41 Å². The van der Waals surface area contributed by atoms with Crippen LogP contribution in [-0.2, 0) is 29.7 Å². The highest BCUT2D eigenvalue weighted by Crippen LogP contribution is 2.59. The van der Waals surface area contributed by atoms with E-state index < -0.39 is 0 Å². The molecule has 4 aromatic rings. The smallest absolute Gasteiger partial charge is 0.255 e. The third-order valence-electron chi connectivity index (χ3n) is 9.58. The number of pyridine rings is 1. The Morgan fingerprint density at radius 2 is 1.75 bits per heavy atom. The van der Waals surface area contributed by atoms with Crippen molar-refractivity contribution in [2.75, 3.05) is 32.0 Å². The Kier molecular flexibility index (Phi) is 7.93. The quantitative estimate of drug-likeness (QED) is 0.287. The van der Waals surface area contributed by atoms with E-state index >= 15 is 0 Å². The van der Waals surface area contributed by atoms with Gasteiger partial charge < -0.3 is 20.5 Å². The molecule has 2 aromatic heterocycles. The number of morpholine rings is 1. The maximum atomic E-state index is 13.4. The Morgan fingerprint density at radius 3 is 2.45 bits per heavy atom. The van der Waals surface area contributed by atoms with Crippen LogP contribution in [0.2, 0.25) is 0 Å². The fourth-order valence-corrected chi connectivity index (χ4v) is 6.89. The molecule has 9 heteroatoms. The molecule has 3 N–H and O–H groups in total. The van der Waals surface area contributed by atoms with Crippen molar-refractivity contribution in [3.63, 3.8) is 0 Å². The van der Waals surface area contributed by atoms with Crippen molar-refractivity contribution in [1.29, 1.82) is 0 Å². The van der Waals surface area contributed by atoms with Crippen molar-refractivity contribution in [2.45, 2.75) is 51.0 Å². The molecule has 9 nitrogen and oxygen atoms in total. The number of anilines is 1. The lowest BCUT2D eigenvalue weighted by molar-refractivity contribution is 0.0342. The first-order chi connectivity index (χ1) is 21.5. The molecule has 7 rings (SSSR count). The highest BCUT2D eigenvalue weighted by atomic mass is 16.5. The number of ether oxygens (including phenoxy) is 2. The average molecular weight is 593 g/mol. The van der Waals surface area contributed by atoms with E-state index in [4.69, 9.17) is 15.2 Å². The number of rotatable bonds is 9. The van der Waals surface area contributed by atoms with Gasteiger partial charge in [0.2, 0.25) is 0 Å². The minimum Gasteiger partial charge on any atom is -0.383 e. The molecule has 1 amide bonds. The van der Waals surface area contributed by atoms with Crippen molar-refractivity contribution in [3.8, 4) is 22.3 Å². The number of nitrogens with one attached hydrogen (secondary N) is 1. The van der Waals surface area contributed by atoms with Crippen molar-refractivity contribution >= 4 is 11.7 Å². The van der Waals surface area contributed by atoms with Crippen LogP contribution in [0.1, 0.15) is 47.2 Å². The fraction of sp³-hybridized carbons (Fsp3) is 0.400. The summed E-state index contributed by atoms with van der Waals surface area (Å²) < 4.78 is 13.6. The summed E-state index contributed by atoms with van der Waals surface area (Å²) in [4.78, 5) is 20.1. The van der Waals surface area contributed by atoms with Gasteiger partial charge in [0.15, 0.2) is 0 Å². The Bertz CT molecular complexity index is 1610. The number of aryl methyl sites for hydroxylation is 1. The number of aromatic nitrogens is 3. The number of benzene rings is 2. The summed E-state index contributed by atoms with van der Waals surface area (Å²) >= 11 is 0. The van der Waals surface area contributed by atoms with Crippen LogP contribution in [0.5, 0.6) is 0 Å². The minimum atomic E-state index is -0.178. The predicted octanol–water partition coefficient (Wildman–Crippen LogP) is 4.82. The summed E-state index contributed by atoms with van der Waals surface area (Å²) in [5.41, 5.74) is 13.2. The first-order valence-electron chi connectivity index (χ1n) is 15.6. The van der Waals surface area contributed by atoms with Gasteiger partial charge in [-0.3, -0.25) is 14.4 Å². The Balaban J connectivity index is 0.934.